The van der Waals surface area contributed by atoms with Gasteiger partial charge in [0.1, 0.15) is 22.2 Å². The Kier molecular flexibility index (Phi) is 6.23. The second kappa shape index (κ2) is 8.83. The molecule has 3 rings (SSSR count). The number of carbonyl (C=O) groups excluding carboxylic acids is 1. The lowest BCUT2D eigenvalue weighted by molar-refractivity contribution is -0.138. The number of benzene rings is 2. The lowest BCUT2D eigenvalue weighted by atomic mass is 10.1. The highest BCUT2D eigenvalue weighted by Gasteiger charge is 2.33. The van der Waals surface area contributed by atoms with Crippen LogP contribution in [-0.2, 0) is 9.53 Å². The summed E-state index contributed by atoms with van der Waals surface area (Å²) in [6.45, 7) is 1.80. The van der Waals surface area contributed by atoms with Crippen LogP contribution in [0.25, 0.3) is 6.08 Å². The number of aliphatic hydroxyl groups excluding tert-OH is 1. The summed E-state index contributed by atoms with van der Waals surface area (Å²) in [7, 11) is 1.43. The molecule has 0 fully saturated rings. The number of rotatable bonds is 5. The van der Waals surface area contributed by atoms with E-state index in [9.17, 15) is 19.4 Å². The average molecular weight is 415 g/mol. The largest absolute Gasteiger partial charge is 0.506 e. The smallest absolute Gasteiger partial charge is 0.344 e. The van der Waals surface area contributed by atoms with Gasteiger partial charge in [0, 0.05) is 0 Å². The van der Waals surface area contributed by atoms with E-state index in [2.05, 4.69) is 4.99 Å². The lowest BCUT2D eigenvalue weighted by Crippen LogP contribution is -2.12. The number of phenols is 1. The van der Waals surface area contributed by atoms with Crippen LogP contribution < -0.4 is 4.74 Å². The summed E-state index contributed by atoms with van der Waals surface area (Å²) in [5.41, 5.74) is 1.01. The molecule has 0 saturated carbocycles. The van der Waals surface area contributed by atoms with Crippen molar-refractivity contribution in [1.82, 2.24) is 0 Å². The Hall–Kier alpha value is -3.26. The second-order valence-electron chi connectivity index (χ2n) is 5.88. The molecule has 1 aliphatic heterocycles. The minimum atomic E-state index is -0.704. The Labute approximate surface area is 171 Å². The SMILES string of the molecule is CCOC(=O)C1=C(O)/C(=C\c2ccc(O)c(OC)c2)SC1=Nc1ccc(F)cc1. The minimum absolute atomic E-state index is 0.0146. The standard InChI is InChI=1S/C21H18FNO5S/c1-3-28-21(26)18-19(25)17(11-12-4-9-15(24)16(10-12)27-2)29-20(18)23-14-7-5-13(22)6-8-14/h4-11,24-25H,3H2,1-2H3/b17-11+,23-20?. The molecule has 0 saturated heterocycles. The molecule has 0 bridgehead atoms. The van der Waals surface area contributed by atoms with Gasteiger partial charge >= 0.3 is 5.97 Å². The van der Waals surface area contributed by atoms with Crippen molar-refractivity contribution in [3.05, 3.63) is 70.1 Å². The number of carbonyl (C=O) groups is 1. The summed E-state index contributed by atoms with van der Waals surface area (Å²) in [5.74, 6) is -1.11. The van der Waals surface area contributed by atoms with Gasteiger partial charge in [-0.1, -0.05) is 17.8 Å². The van der Waals surface area contributed by atoms with E-state index in [1.807, 2.05) is 0 Å². The summed E-state index contributed by atoms with van der Waals surface area (Å²) in [6, 6.07) is 10.1. The topological polar surface area (TPSA) is 88.4 Å². The maximum absolute atomic E-state index is 13.1. The van der Waals surface area contributed by atoms with Crippen molar-refractivity contribution in [3.8, 4) is 11.5 Å². The van der Waals surface area contributed by atoms with Gasteiger partial charge in [-0.05, 0) is 55.0 Å². The lowest BCUT2D eigenvalue weighted by Gasteiger charge is -2.04. The van der Waals surface area contributed by atoms with E-state index in [1.54, 1.807) is 25.1 Å². The van der Waals surface area contributed by atoms with Gasteiger partial charge in [-0.2, -0.15) is 0 Å². The Bertz CT molecular complexity index is 1030. The second-order valence-corrected chi connectivity index (χ2v) is 6.91. The van der Waals surface area contributed by atoms with E-state index < -0.39 is 11.8 Å². The highest BCUT2D eigenvalue weighted by atomic mass is 32.2. The maximum atomic E-state index is 13.1. The number of esters is 1. The molecule has 0 spiro atoms. The zero-order valence-electron chi connectivity index (χ0n) is 15.7. The number of hydrogen-bond donors (Lipinski definition) is 2. The number of halogens is 1. The van der Waals surface area contributed by atoms with E-state index >= 15 is 0 Å². The molecule has 2 N–H and O–H groups in total. The van der Waals surface area contributed by atoms with E-state index in [4.69, 9.17) is 9.47 Å². The monoisotopic (exact) mass is 415 g/mol. The highest BCUT2D eigenvalue weighted by molar-refractivity contribution is 8.18. The predicted octanol–water partition coefficient (Wildman–Crippen LogP) is 4.73. The third-order valence-corrected chi connectivity index (χ3v) is 4.95. The number of thioether (sulfide) groups is 1. The summed E-state index contributed by atoms with van der Waals surface area (Å²) in [4.78, 5) is 17.1. The van der Waals surface area contributed by atoms with Gasteiger partial charge in [0.2, 0.25) is 0 Å². The van der Waals surface area contributed by atoms with Crippen LogP contribution in [0.5, 0.6) is 11.5 Å². The van der Waals surface area contributed by atoms with Crippen LogP contribution in [-0.4, -0.2) is 34.9 Å². The van der Waals surface area contributed by atoms with Gasteiger partial charge < -0.3 is 19.7 Å². The van der Waals surface area contributed by atoms with Crippen LogP contribution in [0.15, 0.2) is 63.7 Å². The predicted molar refractivity (Wildman–Crippen MR) is 110 cm³/mol. The summed E-state index contributed by atoms with van der Waals surface area (Å²) >= 11 is 1.08. The number of aromatic hydroxyl groups is 1. The normalized spacial score (nSPS) is 16.5. The van der Waals surface area contributed by atoms with E-state index in [0.717, 1.165) is 11.8 Å². The quantitative estimate of drug-likeness (QED) is 0.686. The number of ether oxygens (including phenoxy) is 2. The molecule has 0 unspecified atom stereocenters. The van der Waals surface area contributed by atoms with Gasteiger partial charge in [-0.25, -0.2) is 14.2 Å². The summed E-state index contributed by atoms with van der Waals surface area (Å²) < 4.78 is 23.3. The minimum Gasteiger partial charge on any atom is -0.506 e. The van der Waals surface area contributed by atoms with Crippen LogP contribution in [0.1, 0.15) is 12.5 Å². The molecule has 150 valence electrons. The maximum Gasteiger partial charge on any atom is 0.344 e. The Morgan fingerprint density at radius 2 is 1.93 bits per heavy atom. The fraction of sp³-hybridized carbons (Fsp3) is 0.143. The van der Waals surface area contributed by atoms with Crippen LogP contribution in [0.2, 0.25) is 0 Å². The first-order valence-corrected chi connectivity index (χ1v) is 9.46. The summed E-state index contributed by atoms with van der Waals surface area (Å²) in [6.07, 6.45) is 1.63. The van der Waals surface area contributed by atoms with Crippen LogP contribution in [0, 0.1) is 5.82 Å². The number of methoxy groups -OCH3 is 1. The number of aliphatic hydroxyl groups is 1. The fourth-order valence-corrected chi connectivity index (χ4v) is 3.60. The number of hydrogen-bond acceptors (Lipinski definition) is 7. The van der Waals surface area contributed by atoms with Gasteiger partial charge in [0.15, 0.2) is 11.5 Å². The van der Waals surface area contributed by atoms with Gasteiger partial charge in [0.05, 0.1) is 24.3 Å². The van der Waals surface area contributed by atoms with Crippen molar-refractivity contribution in [1.29, 1.82) is 0 Å². The Morgan fingerprint density at radius 1 is 1.21 bits per heavy atom. The molecule has 8 heteroatoms. The van der Waals surface area contributed by atoms with Gasteiger partial charge in [-0.15, -0.1) is 0 Å². The first-order chi connectivity index (χ1) is 13.9. The number of aliphatic imine (C=N–C) groups is 1. The third kappa shape index (κ3) is 4.60. The number of phenolic OH excluding ortho intramolecular Hbond substituents is 1. The van der Waals surface area contributed by atoms with Gasteiger partial charge in [-0.3, -0.25) is 0 Å². The molecule has 0 amide bonds. The highest BCUT2D eigenvalue weighted by Crippen LogP contribution is 2.40. The molecular formula is C21H18FNO5S. The molecule has 2 aromatic rings. The number of nitrogens with zero attached hydrogens (tertiary/aromatic N) is 1. The van der Waals surface area contributed by atoms with Crippen LogP contribution in [0.4, 0.5) is 10.1 Å². The van der Waals surface area contributed by atoms with Crippen molar-refractivity contribution in [2.75, 3.05) is 13.7 Å². The molecule has 0 radical (unpaired) electrons. The van der Waals surface area contributed by atoms with E-state index in [1.165, 1.54) is 37.4 Å². The van der Waals surface area contributed by atoms with Crippen molar-refractivity contribution >= 4 is 34.5 Å². The third-order valence-electron chi connectivity index (χ3n) is 3.93. The molecule has 1 heterocycles. The molecule has 0 aromatic heterocycles. The zero-order valence-corrected chi connectivity index (χ0v) is 16.5. The van der Waals surface area contributed by atoms with Crippen LogP contribution in [0.3, 0.4) is 0 Å². The van der Waals surface area contributed by atoms with Crippen molar-refractivity contribution < 1.29 is 28.9 Å². The van der Waals surface area contributed by atoms with Crippen molar-refractivity contribution in [2.45, 2.75) is 6.92 Å². The molecule has 0 aliphatic carbocycles. The zero-order chi connectivity index (χ0) is 21.0. The van der Waals surface area contributed by atoms with Crippen molar-refractivity contribution in [3.63, 3.8) is 0 Å². The first-order valence-electron chi connectivity index (χ1n) is 8.64. The van der Waals surface area contributed by atoms with E-state index in [-0.39, 0.29) is 34.5 Å². The van der Waals surface area contributed by atoms with E-state index in [0.29, 0.717) is 16.2 Å². The molecular weight excluding hydrogens is 397 g/mol. The van der Waals surface area contributed by atoms with Gasteiger partial charge in [0.25, 0.3) is 0 Å². The van der Waals surface area contributed by atoms with Crippen molar-refractivity contribution in [2.24, 2.45) is 4.99 Å². The Morgan fingerprint density at radius 3 is 2.59 bits per heavy atom. The first kappa shape index (κ1) is 20.5. The summed E-state index contributed by atoms with van der Waals surface area (Å²) in [5, 5.41) is 20.6. The molecule has 2 aromatic carbocycles. The molecule has 0 atom stereocenters. The average Bonchev–Trinajstić information content (AvgIpc) is 3.00. The molecule has 6 nitrogen and oxygen atoms in total. The molecule has 1 aliphatic rings. The Balaban J connectivity index is 2.03. The van der Waals surface area contributed by atoms with Crippen LogP contribution >= 0.6 is 11.8 Å². The molecule has 29 heavy (non-hydrogen) atoms. The fourth-order valence-electron chi connectivity index (χ4n) is 2.56.